The van der Waals surface area contributed by atoms with Crippen LogP contribution in [0.25, 0.3) is 0 Å². The molecule has 1 fully saturated rings. The van der Waals surface area contributed by atoms with E-state index in [0.717, 1.165) is 12.6 Å². The number of hydrogen-bond acceptors (Lipinski definition) is 3. The molecule has 2 nitrogen and oxygen atoms in total. The molecule has 0 spiro atoms. The van der Waals surface area contributed by atoms with Crippen LogP contribution in [0.5, 0.6) is 0 Å². The molecule has 1 rings (SSSR count). The van der Waals surface area contributed by atoms with Crippen molar-refractivity contribution in [1.29, 1.82) is 0 Å². The number of rotatable bonds is 7. The predicted octanol–water partition coefficient (Wildman–Crippen LogP) is 2.68. The SMILES string of the molecule is CCCCC(COC)NC1CCCSC1. The molecule has 2 atom stereocenters. The molecule has 1 heterocycles. The fourth-order valence-electron chi connectivity index (χ4n) is 2.07. The van der Waals surface area contributed by atoms with Gasteiger partial charge in [0.15, 0.2) is 0 Å². The van der Waals surface area contributed by atoms with Gasteiger partial charge in [-0.05, 0) is 25.0 Å². The molecule has 15 heavy (non-hydrogen) atoms. The zero-order valence-electron chi connectivity index (χ0n) is 10.1. The second-order valence-corrected chi connectivity index (χ2v) is 5.53. The van der Waals surface area contributed by atoms with Gasteiger partial charge in [0.2, 0.25) is 0 Å². The Morgan fingerprint density at radius 2 is 2.40 bits per heavy atom. The van der Waals surface area contributed by atoms with Gasteiger partial charge in [-0.25, -0.2) is 0 Å². The number of unbranched alkanes of at least 4 members (excludes halogenated alkanes) is 1. The molecule has 0 saturated carbocycles. The highest BCUT2D eigenvalue weighted by Crippen LogP contribution is 2.18. The van der Waals surface area contributed by atoms with E-state index in [1.54, 1.807) is 7.11 Å². The Labute approximate surface area is 98.5 Å². The van der Waals surface area contributed by atoms with Crippen molar-refractivity contribution in [1.82, 2.24) is 5.32 Å². The summed E-state index contributed by atoms with van der Waals surface area (Å²) >= 11 is 2.08. The lowest BCUT2D eigenvalue weighted by atomic mass is 10.1. The van der Waals surface area contributed by atoms with E-state index in [1.165, 1.54) is 43.6 Å². The fraction of sp³-hybridized carbons (Fsp3) is 1.00. The number of hydrogen-bond donors (Lipinski definition) is 1. The zero-order chi connectivity index (χ0) is 10.9. The van der Waals surface area contributed by atoms with Crippen LogP contribution in [0.1, 0.15) is 39.0 Å². The predicted molar refractivity (Wildman–Crippen MR) is 68.7 cm³/mol. The Morgan fingerprint density at radius 3 is 3.00 bits per heavy atom. The monoisotopic (exact) mass is 231 g/mol. The fourth-order valence-corrected chi connectivity index (χ4v) is 3.16. The molecule has 1 N–H and O–H groups in total. The molecule has 1 saturated heterocycles. The second kappa shape index (κ2) is 8.43. The van der Waals surface area contributed by atoms with E-state index in [-0.39, 0.29) is 0 Å². The van der Waals surface area contributed by atoms with Gasteiger partial charge < -0.3 is 10.1 Å². The van der Waals surface area contributed by atoms with Gasteiger partial charge >= 0.3 is 0 Å². The van der Waals surface area contributed by atoms with Gasteiger partial charge in [-0.1, -0.05) is 19.8 Å². The summed E-state index contributed by atoms with van der Waals surface area (Å²) in [7, 11) is 1.80. The first kappa shape index (κ1) is 13.3. The highest BCUT2D eigenvalue weighted by molar-refractivity contribution is 7.99. The van der Waals surface area contributed by atoms with Crippen molar-refractivity contribution in [3.8, 4) is 0 Å². The van der Waals surface area contributed by atoms with Gasteiger partial charge in [-0.15, -0.1) is 0 Å². The summed E-state index contributed by atoms with van der Waals surface area (Å²) in [6.45, 7) is 3.11. The third-order valence-electron chi connectivity index (χ3n) is 2.91. The normalized spacial score (nSPS) is 24.0. The third-order valence-corrected chi connectivity index (χ3v) is 4.12. The molecule has 0 radical (unpaired) electrons. The summed E-state index contributed by atoms with van der Waals surface area (Å²) in [4.78, 5) is 0. The number of ether oxygens (including phenoxy) is 1. The van der Waals surface area contributed by atoms with Crippen molar-refractivity contribution >= 4 is 11.8 Å². The van der Waals surface area contributed by atoms with E-state index < -0.39 is 0 Å². The molecule has 0 aromatic carbocycles. The molecule has 0 bridgehead atoms. The van der Waals surface area contributed by atoms with E-state index in [1.807, 2.05) is 0 Å². The molecule has 2 unspecified atom stereocenters. The molecular formula is C12H25NOS. The van der Waals surface area contributed by atoms with Crippen LogP contribution in [0.15, 0.2) is 0 Å². The molecule has 1 aliphatic rings. The van der Waals surface area contributed by atoms with Crippen molar-refractivity contribution in [2.24, 2.45) is 0 Å². The first-order valence-corrected chi connectivity index (χ1v) is 7.35. The summed E-state index contributed by atoms with van der Waals surface area (Å²) in [6, 6.07) is 1.29. The Balaban J connectivity index is 2.21. The van der Waals surface area contributed by atoms with Crippen molar-refractivity contribution < 1.29 is 4.74 Å². The van der Waals surface area contributed by atoms with E-state index in [2.05, 4.69) is 24.0 Å². The van der Waals surface area contributed by atoms with E-state index in [4.69, 9.17) is 4.74 Å². The van der Waals surface area contributed by atoms with Crippen LogP contribution < -0.4 is 5.32 Å². The van der Waals surface area contributed by atoms with Crippen molar-refractivity contribution in [2.45, 2.75) is 51.1 Å². The average molecular weight is 231 g/mol. The lowest BCUT2D eigenvalue weighted by Crippen LogP contribution is -2.43. The smallest absolute Gasteiger partial charge is 0.0615 e. The Bertz CT molecular complexity index is 149. The number of nitrogens with one attached hydrogen (secondary N) is 1. The summed E-state index contributed by atoms with van der Waals surface area (Å²) in [6.07, 6.45) is 6.56. The van der Waals surface area contributed by atoms with Crippen LogP contribution >= 0.6 is 11.8 Å². The quantitative estimate of drug-likeness (QED) is 0.728. The Morgan fingerprint density at radius 1 is 1.53 bits per heavy atom. The minimum Gasteiger partial charge on any atom is -0.383 e. The van der Waals surface area contributed by atoms with Crippen LogP contribution in [0.4, 0.5) is 0 Å². The molecule has 0 amide bonds. The van der Waals surface area contributed by atoms with Gasteiger partial charge in [-0.2, -0.15) is 11.8 Å². The van der Waals surface area contributed by atoms with Crippen LogP contribution in [0, 0.1) is 0 Å². The van der Waals surface area contributed by atoms with Crippen LogP contribution in [-0.4, -0.2) is 37.3 Å². The van der Waals surface area contributed by atoms with E-state index in [0.29, 0.717) is 6.04 Å². The van der Waals surface area contributed by atoms with Gasteiger partial charge in [0, 0.05) is 24.9 Å². The zero-order valence-corrected chi connectivity index (χ0v) is 10.9. The number of methoxy groups -OCH3 is 1. The third kappa shape index (κ3) is 5.79. The maximum absolute atomic E-state index is 5.27. The van der Waals surface area contributed by atoms with Crippen LogP contribution in [0.3, 0.4) is 0 Å². The highest BCUT2D eigenvalue weighted by atomic mass is 32.2. The summed E-state index contributed by atoms with van der Waals surface area (Å²) in [5, 5.41) is 3.75. The molecule has 0 aromatic rings. The molecule has 3 heteroatoms. The first-order valence-electron chi connectivity index (χ1n) is 6.19. The Kier molecular flexibility index (Phi) is 7.49. The Hall–Kier alpha value is 0.270. The molecular weight excluding hydrogens is 206 g/mol. The summed E-state index contributed by atoms with van der Waals surface area (Å²) in [5.41, 5.74) is 0. The number of thioether (sulfide) groups is 1. The average Bonchev–Trinajstić information content (AvgIpc) is 2.28. The topological polar surface area (TPSA) is 21.3 Å². The van der Waals surface area contributed by atoms with Crippen molar-refractivity contribution in [3.05, 3.63) is 0 Å². The van der Waals surface area contributed by atoms with E-state index >= 15 is 0 Å². The molecule has 90 valence electrons. The van der Waals surface area contributed by atoms with Gasteiger partial charge in [0.05, 0.1) is 6.61 Å². The molecule has 0 aliphatic carbocycles. The maximum Gasteiger partial charge on any atom is 0.0615 e. The van der Waals surface area contributed by atoms with E-state index in [9.17, 15) is 0 Å². The standard InChI is InChI=1S/C12H25NOS/c1-3-4-6-11(9-14-2)13-12-7-5-8-15-10-12/h11-13H,3-10H2,1-2H3. The van der Waals surface area contributed by atoms with Gasteiger partial charge in [0.25, 0.3) is 0 Å². The summed E-state index contributed by atoms with van der Waals surface area (Å²) < 4.78 is 5.27. The summed E-state index contributed by atoms with van der Waals surface area (Å²) in [5.74, 6) is 2.63. The van der Waals surface area contributed by atoms with Crippen LogP contribution in [-0.2, 0) is 4.74 Å². The minimum absolute atomic E-state index is 0.568. The van der Waals surface area contributed by atoms with Gasteiger partial charge in [0.1, 0.15) is 0 Å². The lowest BCUT2D eigenvalue weighted by Gasteiger charge is -2.28. The van der Waals surface area contributed by atoms with Gasteiger partial charge in [-0.3, -0.25) is 0 Å². The lowest BCUT2D eigenvalue weighted by molar-refractivity contribution is 0.155. The molecule has 0 aromatic heterocycles. The molecule has 1 aliphatic heterocycles. The minimum atomic E-state index is 0.568. The highest BCUT2D eigenvalue weighted by Gasteiger charge is 2.17. The second-order valence-electron chi connectivity index (χ2n) is 4.38. The first-order chi connectivity index (χ1) is 7.36. The maximum atomic E-state index is 5.27. The largest absolute Gasteiger partial charge is 0.383 e. The van der Waals surface area contributed by atoms with Crippen LogP contribution in [0.2, 0.25) is 0 Å². The van der Waals surface area contributed by atoms with Crippen molar-refractivity contribution in [2.75, 3.05) is 25.2 Å². The van der Waals surface area contributed by atoms with Crippen molar-refractivity contribution in [3.63, 3.8) is 0 Å².